The summed E-state index contributed by atoms with van der Waals surface area (Å²) in [6.45, 7) is 0.923. The fourth-order valence-corrected chi connectivity index (χ4v) is 2.90. The molecule has 0 fully saturated rings. The largest absolute Gasteiger partial charge is 0.326 e. The zero-order chi connectivity index (χ0) is 12.7. The lowest BCUT2D eigenvalue weighted by Gasteiger charge is -1.98. The van der Waals surface area contributed by atoms with E-state index in [0.717, 1.165) is 40.1 Å². The van der Waals surface area contributed by atoms with E-state index in [-0.39, 0.29) is 0 Å². The molecule has 0 atom stereocenters. The predicted molar refractivity (Wildman–Crippen MR) is 77.4 cm³/mol. The number of aromatic amines is 1. The van der Waals surface area contributed by atoms with Gasteiger partial charge < -0.3 is 10.3 Å². The Morgan fingerprint density at radius 1 is 1.50 bits per heavy atom. The number of rotatable bonds is 3. The average molecular weight is 328 g/mol. The Kier molecular flexibility index (Phi) is 3.05. The zero-order valence-corrected chi connectivity index (χ0v) is 12.1. The second-order valence-electron chi connectivity index (χ2n) is 4.15. The van der Waals surface area contributed by atoms with Crippen molar-refractivity contribution in [2.75, 3.05) is 13.6 Å². The first-order valence-electron chi connectivity index (χ1n) is 5.69. The number of nitrogens with one attached hydrogen (secondary N) is 2. The van der Waals surface area contributed by atoms with Crippen LogP contribution in [0.4, 0.5) is 0 Å². The summed E-state index contributed by atoms with van der Waals surface area (Å²) in [5.41, 5.74) is 3.09. The highest BCUT2D eigenvalue weighted by molar-refractivity contribution is 9.10. The SMILES string of the molecule is CNCCc1[nH]c2nc3cc(Cl)ccc3n2c1Br. The van der Waals surface area contributed by atoms with Crippen LogP contribution in [-0.2, 0) is 6.42 Å². The summed E-state index contributed by atoms with van der Waals surface area (Å²) < 4.78 is 3.09. The summed E-state index contributed by atoms with van der Waals surface area (Å²) in [6, 6.07) is 5.74. The van der Waals surface area contributed by atoms with E-state index in [1.165, 1.54) is 0 Å². The van der Waals surface area contributed by atoms with Gasteiger partial charge in [0.1, 0.15) is 4.60 Å². The Labute approximate surface area is 117 Å². The van der Waals surface area contributed by atoms with Gasteiger partial charge >= 0.3 is 0 Å². The number of imidazole rings is 2. The van der Waals surface area contributed by atoms with E-state index in [0.29, 0.717) is 5.02 Å². The van der Waals surface area contributed by atoms with Gasteiger partial charge in [-0.1, -0.05) is 11.6 Å². The van der Waals surface area contributed by atoms with Crippen molar-refractivity contribution >= 4 is 44.3 Å². The molecule has 0 saturated carbocycles. The zero-order valence-electron chi connectivity index (χ0n) is 9.80. The van der Waals surface area contributed by atoms with Crippen molar-refractivity contribution in [3.8, 4) is 0 Å². The minimum Gasteiger partial charge on any atom is -0.326 e. The van der Waals surface area contributed by atoms with Crippen molar-refractivity contribution < 1.29 is 0 Å². The van der Waals surface area contributed by atoms with Crippen molar-refractivity contribution in [2.45, 2.75) is 6.42 Å². The Morgan fingerprint density at radius 3 is 3.11 bits per heavy atom. The van der Waals surface area contributed by atoms with Crippen molar-refractivity contribution in [2.24, 2.45) is 0 Å². The minimum atomic E-state index is 0.704. The monoisotopic (exact) mass is 326 g/mol. The molecule has 2 aromatic heterocycles. The fourth-order valence-electron chi connectivity index (χ4n) is 2.07. The van der Waals surface area contributed by atoms with E-state index in [1.807, 2.05) is 25.2 Å². The first-order chi connectivity index (χ1) is 8.70. The third kappa shape index (κ3) is 1.83. The molecule has 4 nitrogen and oxygen atoms in total. The van der Waals surface area contributed by atoms with Gasteiger partial charge in [0.15, 0.2) is 0 Å². The number of nitrogens with zero attached hydrogens (tertiary/aromatic N) is 2. The molecule has 0 amide bonds. The highest BCUT2D eigenvalue weighted by Crippen LogP contribution is 2.26. The Bertz CT molecular complexity index is 716. The van der Waals surface area contributed by atoms with Crippen LogP contribution in [0.1, 0.15) is 5.69 Å². The van der Waals surface area contributed by atoms with Crippen LogP contribution >= 0.6 is 27.5 Å². The fraction of sp³-hybridized carbons (Fsp3) is 0.250. The van der Waals surface area contributed by atoms with Crippen LogP contribution in [0.5, 0.6) is 0 Å². The van der Waals surface area contributed by atoms with Crippen molar-refractivity contribution in [1.82, 2.24) is 19.7 Å². The quantitative estimate of drug-likeness (QED) is 0.777. The minimum absolute atomic E-state index is 0.704. The van der Waals surface area contributed by atoms with E-state index in [2.05, 4.69) is 35.6 Å². The van der Waals surface area contributed by atoms with Gasteiger partial charge in [-0.3, -0.25) is 4.40 Å². The van der Waals surface area contributed by atoms with Crippen LogP contribution in [0.2, 0.25) is 5.02 Å². The van der Waals surface area contributed by atoms with E-state index in [1.54, 1.807) is 0 Å². The smallest absolute Gasteiger partial charge is 0.213 e. The maximum absolute atomic E-state index is 5.97. The molecular formula is C12H12BrClN4. The standard InChI is InChI=1S/C12H12BrClN4/c1-15-5-4-8-11(13)18-10-3-2-7(14)6-9(10)17-12(18)16-8/h2-3,6,15H,4-5H2,1H3,(H,16,17). The van der Waals surface area contributed by atoms with Gasteiger partial charge in [0, 0.05) is 18.0 Å². The van der Waals surface area contributed by atoms with E-state index < -0.39 is 0 Å². The molecule has 0 aliphatic heterocycles. The van der Waals surface area contributed by atoms with Gasteiger partial charge in [-0.25, -0.2) is 4.98 Å². The first kappa shape index (κ1) is 12.0. The lowest BCUT2D eigenvalue weighted by molar-refractivity contribution is 0.777. The lowest BCUT2D eigenvalue weighted by Crippen LogP contribution is -2.10. The number of H-pyrrole nitrogens is 1. The maximum Gasteiger partial charge on any atom is 0.213 e. The molecule has 3 aromatic rings. The van der Waals surface area contributed by atoms with Crippen LogP contribution in [-0.4, -0.2) is 28.0 Å². The first-order valence-corrected chi connectivity index (χ1v) is 6.86. The van der Waals surface area contributed by atoms with Gasteiger partial charge in [-0.15, -0.1) is 0 Å². The second-order valence-corrected chi connectivity index (χ2v) is 5.34. The summed E-state index contributed by atoms with van der Waals surface area (Å²) in [5, 5.41) is 3.84. The second kappa shape index (κ2) is 4.57. The summed E-state index contributed by atoms with van der Waals surface area (Å²) in [7, 11) is 1.94. The van der Waals surface area contributed by atoms with Crippen LogP contribution in [0.15, 0.2) is 22.8 Å². The molecule has 2 heterocycles. The number of benzene rings is 1. The molecule has 18 heavy (non-hydrogen) atoms. The van der Waals surface area contributed by atoms with Gasteiger partial charge in [0.05, 0.1) is 16.7 Å². The van der Waals surface area contributed by atoms with E-state index in [4.69, 9.17) is 11.6 Å². The Morgan fingerprint density at radius 2 is 2.33 bits per heavy atom. The molecule has 0 saturated heterocycles. The molecule has 94 valence electrons. The van der Waals surface area contributed by atoms with Gasteiger partial charge in [-0.2, -0.15) is 0 Å². The molecular weight excluding hydrogens is 316 g/mol. The molecule has 1 aromatic carbocycles. The van der Waals surface area contributed by atoms with Gasteiger partial charge in [-0.05, 0) is 41.2 Å². The molecule has 0 bridgehead atoms. The van der Waals surface area contributed by atoms with E-state index >= 15 is 0 Å². The van der Waals surface area contributed by atoms with Gasteiger partial charge in [0.25, 0.3) is 0 Å². The molecule has 6 heteroatoms. The summed E-state index contributed by atoms with van der Waals surface area (Å²) in [4.78, 5) is 7.87. The highest BCUT2D eigenvalue weighted by atomic mass is 79.9. The molecule has 0 aliphatic carbocycles. The molecule has 0 radical (unpaired) electrons. The molecule has 2 N–H and O–H groups in total. The van der Waals surface area contributed by atoms with Crippen LogP contribution in [0, 0.1) is 0 Å². The van der Waals surface area contributed by atoms with Crippen LogP contribution in [0.25, 0.3) is 16.8 Å². The maximum atomic E-state index is 5.97. The predicted octanol–water partition coefficient (Wildman–Crippen LogP) is 2.99. The van der Waals surface area contributed by atoms with E-state index in [9.17, 15) is 0 Å². The van der Waals surface area contributed by atoms with Crippen molar-refractivity contribution in [1.29, 1.82) is 0 Å². The third-order valence-corrected chi connectivity index (χ3v) is 4.02. The molecule has 3 rings (SSSR count). The molecule has 0 spiro atoms. The number of likely N-dealkylation sites (N-methyl/N-ethyl adjacent to an activating group) is 1. The summed E-state index contributed by atoms with van der Waals surface area (Å²) in [6.07, 6.45) is 0.926. The number of halogens is 2. The Balaban J connectivity index is 2.20. The average Bonchev–Trinajstić information content (AvgIpc) is 2.83. The third-order valence-electron chi connectivity index (χ3n) is 2.95. The van der Waals surface area contributed by atoms with Crippen LogP contribution in [0.3, 0.4) is 0 Å². The van der Waals surface area contributed by atoms with Gasteiger partial charge in [0.2, 0.25) is 5.78 Å². The van der Waals surface area contributed by atoms with Crippen LogP contribution < -0.4 is 5.32 Å². The lowest BCUT2D eigenvalue weighted by atomic mass is 10.3. The summed E-state index contributed by atoms with van der Waals surface area (Å²) >= 11 is 9.61. The van der Waals surface area contributed by atoms with Crippen molar-refractivity contribution in [3.63, 3.8) is 0 Å². The topological polar surface area (TPSA) is 45.1 Å². The normalized spacial score (nSPS) is 11.7. The number of hydrogen-bond donors (Lipinski definition) is 2. The van der Waals surface area contributed by atoms with Crippen molar-refractivity contribution in [3.05, 3.63) is 33.5 Å². The molecule has 0 unspecified atom stereocenters. The number of fused-ring (bicyclic) bond motifs is 3. The Hall–Kier alpha value is -1.04. The number of hydrogen-bond acceptors (Lipinski definition) is 2. The highest BCUT2D eigenvalue weighted by Gasteiger charge is 2.13. The molecule has 0 aliphatic rings. The summed E-state index contributed by atoms with van der Waals surface area (Å²) in [5.74, 6) is 0.838. The number of aromatic nitrogens is 3.